The fourth-order valence-corrected chi connectivity index (χ4v) is 4.77. The molecule has 1 amide bonds. The van der Waals surface area contributed by atoms with E-state index in [2.05, 4.69) is 15.4 Å². The van der Waals surface area contributed by atoms with E-state index < -0.39 is 0 Å². The molecule has 1 N–H and O–H groups in total. The van der Waals surface area contributed by atoms with Crippen LogP contribution in [0.25, 0.3) is 10.6 Å². The topological polar surface area (TPSA) is 59.8 Å². The van der Waals surface area contributed by atoms with Gasteiger partial charge in [-0.15, -0.1) is 11.3 Å². The second-order valence-corrected chi connectivity index (χ2v) is 7.63. The van der Waals surface area contributed by atoms with Crippen LogP contribution in [0.3, 0.4) is 0 Å². The number of anilines is 1. The van der Waals surface area contributed by atoms with Gasteiger partial charge < -0.3 is 5.32 Å². The molecule has 0 bridgehead atoms. The molecule has 0 radical (unpaired) electrons. The van der Waals surface area contributed by atoms with Gasteiger partial charge in [0.15, 0.2) is 0 Å². The van der Waals surface area contributed by atoms with Gasteiger partial charge in [-0.05, 0) is 6.92 Å². The Labute approximate surface area is 148 Å². The van der Waals surface area contributed by atoms with Gasteiger partial charge in [0.25, 0.3) is 5.91 Å². The summed E-state index contributed by atoms with van der Waals surface area (Å²) in [6, 6.07) is 9.93. The number of thioether (sulfide) groups is 1. The molecule has 0 saturated carbocycles. The molecule has 24 heavy (non-hydrogen) atoms. The number of amides is 1. The molecule has 4 rings (SSSR count). The van der Waals surface area contributed by atoms with Gasteiger partial charge in [-0.25, -0.2) is 4.98 Å². The molecule has 3 heterocycles. The number of aryl methyl sites for hydroxylation is 2. The van der Waals surface area contributed by atoms with Crippen LogP contribution in [0.15, 0.2) is 30.3 Å². The molecule has 0 spiro atoms. The summed E-state index contributed by atoms with van der Waals surface area (Å²) in [5.41, 5.74) is 4.00. The van der Waals surface area contributed by atoms with Gasteiger partial charge in [-0.3, -0.25) is 9.48 Å². The maximum Gasteiger partial charge on any atom is 0.268 e. The maximum atomic E-state index is 12.7. The monoisotopic (exact) mass is 356 g/mol. The average molecular weight is 356 g/mol. The van der Waals surface area contributed by atoms with E-state index >= 15 is 0 Å². The molecule has 122 valence electrons. The fraction of sp³-hybridized carbons (Fsp3) is 0.235. The van der Waals surface area contributed by atoms with Crippen molar-refractivity contribution in [3.05, 3.63) is 52.2 Å². The molecule has 0 aliphatic carbocycles. The molecule has 2 aromatic heterocycles. The van der Waals surface area contributed by atoms with E-state index in [1.54, 1.807) is 4.68 Å². The molecule has 5 nitrogen and oxygen atoms in total. The number of carbonyl (C=O) groups excluding carboxylic acids is 1. The zero-order chi connectivity index (χ0) is 16.7. The number of nitrogens with one attached hydrogen (secondary N) is 1. The lowest BCUT2D eigenvalue weighted by Crippen LogP contribution is -2.15. The largest absolute Gasteiger partial charge is 0.306 e. The first-order valence-corrected chi connectivity index (χ1v) is 9.57. The number of benzene rings is 1. The Morgan fingerprint density at radius 2 is 2.04 bits per heavy atom. The summed E-state index contributed by atoms with van der Waals surface area (Å²) in [4.78, 5) is 17.9. The summed E-state index contributed by atoms with van der Waals surface area (Å²) >= 11 is 3.25. The number of carbonyl (C=O) groups is 1. The number of nitrogens with zero attached hydrogens (tertiary/aromatic N) is 3. The SMILES string of the molecule is Cc1nc(-c2ccccc2)sc1C(=O)Nc1c2c(nn1C)CSC2. The quantitative estimate of drug-likeness (QED) is 0.774. The van der Waals surface area contributed by atoms with Crippen LogP contribution in [0.1, 0.15) is 26.6 Å². The number of aromatic nitrogens is 3. The summed E-state index contributed by atoms with van der Waals surface area (Å²) in [7, 11) is 1.87. The van der Waals surface area contributed by atoms with Crippen molar-refractivity contribution in [2.75, 3.05) is 5.32 Å². The number of hydrogen-bond acceptors (Lipinski definition) is 5. The lowest BCUT2D eigenvalue weighted by Gasteiger charge is -2.06. The highest BCUT2D eigenvalue weighted by Crippen LogP contribution is 2.35. The first-order valence-electron chi connectivity index (χ1n) is 7.60. The van der Waals surface area contributed by atoms with E-state index in [9.17, 15) is 4.79 Å². The van der Waals surface area contributed by atoms with E-state index in [0.717, 1.165) is 44.8 Å². The van der Waals surface area contributed by atoms with Crippen LogP contribution in [0.2, 0.25) is 0 Å². The molecule has 0 fully saturated rings. The second kappa shape index (κ2) is 6.07. The fourth-order valence-electron chi connectivity index (χ4n) is 2.77. The van der Waals surface area contributed by atoms with Crippen molar-refractivity contribution in [3.8, 4) is 10.6 Å². The molecule has 7 heteroatoms. The van der Waals surface area contributed by atoms with Gasteiger partial charge in [-0.1, -0.05) is 30.3 Å². The van der Waals surface area contributed by atoms with Gasteiger partial charge in [0.2, 0.25) is 0 Å². The van der Waals surface area contributed by atoms with Crippen molar-refractivity contribution in [2.24, 2.45) is 7.05 Å². The Balaban J connectivity index is 1.63. The Hall–Kier alpha value is -2.12. The number of rotatable bonds is 3. The van der Waals surface area contributed by atoms with Crippen LogP contribution in [0.5, 0.6) is 0 Å². The Bertz CT molecular complexity index is 914. The van der Waals surface area contributed by atoms with Crippen LogP contribution in [0, 0.1) is 6.92 Å². The van der Waals surface area contributed by atoms with Crippen molar-refractivity contribution in [2.45, 2.75) is 18.4 Å². The minimum Gasteiger partial charge on any atom is -0.306 e. The molecular formula is C17H16N4OS2. The first kappa shape index (κ1) is 15.4. The van der Waals surface area contributed by atoms with Gasteiger partial charge in [-0.2, -0.15) is 16.9 Å². The predicted octanol–water partition coefficient (Wildman–Crippen LogP) is 3.85. The standard InChI is InChI=1S/C17H16N4OS2/c1-10-14(24-17(18-10)11-6-4-3-5-7-11)16(22)19-15-12-8-23-9-13(12)20-21(15)2/h3-7H,8-9H2,1-2H3,(H,19,22). The van der Waals surface area contributed by atoms with E-state index in [1.807, 2.05) is 56.1 Å². The minimum absolute atomic E-state index is 0.116. The highest BCUT2D eigenvalue weighted by molar-refractivity contribution is 7.98. The van der Waals surface area contributed by atoms with Crippen LogP contribution in [0.4, 0.5) is 5.82 Å². The maximum absolute atomic E-state index is 12.7. The molecule has 0 saturated heterocycles. The smallest absolute Gasteiger partial charge is 0.268 e. The predicted molar refractivity (Wildman–Crippen MR) is 98.4 cm³/mol. The molecule has 1 aromatic carbocycles. The summed E-state index contributed by atoms with van der Waals surface area (Å²) in [5, 5.41) is 8.38. The van der Waals surface area contributed by atoms with Gasteiger partial charge in [0, 0.05) is 29.7 Å². The zero-order valence-corrected chi connectivity index (χ0v) is 15.0. The lowest BCUT2D eigenvalue weighted by molar-refractivity contribution is 0.102. The van der Waals surface area contributed by atoms with Crippen molar-refractivity contribution >= 4 is 34.8 Å². The van der Waals surface area contributed by atoms with E-state index in [0.29, 0.717) is 4.88 Å². The molecule has 1 aliphatic heterocycles. The Morgan fingerprint density at radius 1 is 1.25 bits per heavy atom. The van der Waals surface area contributed by atoms with Crippen LogP contribution in [-0.4, -0.2) is 20.7 Å². The third-order valence-electron chi connectivity index (χ3n) is 3.97. The summed E-state index contributed by atoms with van der Waals surface area (Å²) in [6.45, 7) is 1.88. The minimum atomic E-state index is -0.116. The highest BCUT2D eigenvalue weighted by atomic mass is 32.2. The molecule has 0 unspecified atom stereocenters. The lowest BCUT2D eigenvalue weighted by atomic mass is 10.2. The van der Waals surface area contributed by atoms with E-state index in [1.165, 1.54) is 11.3 Å². The van der Waals surface area contributed by atoms with Crippen molar-refractivity contribution in [1.82, 2.24) is 14.8 Å². The number of fused-ring (bicyclic) bond motifs is 1. The first-order chi connectivity index (χ1) is 11.6. The van der Waals surface area contributed by atoms with Crippen LogP contribution >= 0.6 is 23.1 Å². The Morgan fingerprint density at radius 3 is 2.83 bits per heavy atom. The van der Waals surface area contributed by atoms with Gasteiger partial charge >= 0.3 is 0 Å². The number of hydrogen-bond donors (Lipinski definition) is 1. The average Bonchev–Trinajstić information content (AvgIpc) is 3.25. The molecule has 1 aliphatic rings. The molecule has 0 atom stereocenters. The van der Waals surface area contributed by atoms with Gasteiger partial charge in [0.1, 0.15) is 15.7 Å². The summed E-state index contributed by atoms with van der Waals surface area (Å²) < 4.78 is 1.76. The summed E-state index contributed by atoms with van der Waals surface area (Å²) in [6.07, 6.45) is 0. The van der Waals surface area contributed by atoms with Crippen molar-refractivity contribution < 1.29 is 4.79 Å². The molecule has 3 aromatic rings. The third kappa shape index (κ3) is 2.63. The van der Waals surface area contributed by atoms with Crippen LogP contribution in [-0.2, 0) is 18.6 Å². The van der Waals surface area contributed by atoms with E-state index in [-0.39, 0.29) is 5.91 Å². The van der Waals surface area contributed by atoms with Crippen molar-refractivity contribution in [1.29, 1.82) is 0 Å². The summed E-state index contributed by atoms with van der Waals surface area (Å²) in [5.74, 6) is 2.50. The Kier molecular flexibility index (Phi) is 3.90. The number of thiazole rings is 1. The van der Waals surface area contributed by atoms with Crippen molar-refractivity contribution in [3.63, 3.8) is 0 Å². The van der Waals surface area contributed by atoms with Gasteiger partial charge in [0.05, 0.1) is 11.4 Å². The normalized spacial score (nSPS) is 13.1. The van der Waals surface area contributed by atoms with Crippen LogP contribution < -0.4 is 5.32 Å². The second-order valence-electron chi connectivity index (χ2n) is 5.64. The zero-order valence-electron chi connectivity index (χ0n) is 13.4. The highest BCUT2D eigenvalue weighted by Gasteiger charge is 2.24. The molecular weight excluding hydrogens is 340 g/mol. The third-order valence-corrected chi connectivity index (χ3v) is 6.14. The van der Waals surface area contributed by atoms with E-state index in [4.69, 9.17) is 0 Å².